The van der Waals surface area contributed by atoms with Crippen molar-refractivity contribution in [1.82, 2.24) is 9.97 Å². The van der Waals surface area contributed by atoms with E-state index >= 15 is 0 Å². The van der Waals surface area contributed by atoms with Crippen molar-refractivity contribution in [2.45, 2.75) is 6.92 Å². The number of nitrogens with zero attached hydrogens (tertiary/aromatic N) is 2. The topological polar surface area (TPSA) is 37.8 Å². The Morgan fingerprint density at radius 3 is 2.45 bits per heavy atom. The van der Waals surface area contributed by atoms with Crippen LogP contribution in [0.25, 0.3) is 22.3 Å². The molecule has 3 aromatic rings. The summed E-state index contributed by atoms with van der Waals surface area (Å²) in [6.45, 7) is 2.06. The third kappa shape index (κ3) is 2.21. The monoisotopic (exact) mass is 283 g/mol. The highest BCUT2D eigenvalue weighted by molar-refractivity contribution is 6.30. The number of fused-ring (bicyclic) bond motifs is 1. The molecule has 3 nitrogen and oxygen atoms in total. The van der Waals surface area contributed by atoms with Crippen LogP contribution in [0.5, 0.6) is 0 Å². The van der Waals surface area contributed by atoms with Crippen LogP contribution >= 0.6 is 11.6 Å². The number of rotatable bonds is 2. The van der Waals surface area contributed by atoms with Gasteiger partial charge in [0.05, 0.1) is 5.52 Å². The van der Waals surface area contributed by atoms with Crippen molar-refractivity contribution in [3.05, 3.63) is 53.1 Å². The zero-order chi connectivity index (χ0) is 14.1. The van der Waals surface area contributed by atoms with Crippen molar-refractivity contribution < 1.29 is 0 Å². The van der Waals surface area contributed by atoms with E-state index in [0.717, 1.165) is 27.8 Å². The summed E-state index contributed by atoms with van der Waals surface area (Å²) in [7, 11) is 1.87. The van der Waals surface area contributed by atoms with E-state index in [1.165, 1.54) is 0 Å². The molecule has 1 heterocycles. The SMILES string of the molecule is CNc1nc(-c2ccc(Cl)cc2)nc2cccc(C)c12. The van der Waals surface area contributed by atoms with Gasteiger partial charge in [-0.3, -0.25) is 0 Å². The third-order valence-electron chi connectivity index (χ3n) is 3.27. The second-order valence-corrected chi connectivity index (χ2v) is 5.06. The normalized spacial score (nSPS) is 10.8. The fourth-order valence-corrected chi connectivity index (χ4v) is 2.39. The van der Waals surface area contributed by atoms with Crippen molar-refractivity contribution >= 4 is 28.3 Å². The molecule has 0 radical (unpaired) electrons. The summed E-state index contributed by atoms with van der Waals surface area (Å²) in [5.41, 5.74) is 3.05. The van der Waals surface area contributed by atoms with Gasteiger partial charge in [0.15, 0.2) is 5.82 Å². The second kappa shape index (κ2) is 5.10. The van der Waals surface area contributed by atoms with E-state index in [9.17, 15) is 0 Å². The first-order chi connectivity index (χ1) is 9.69. The highest BCUT2D eigenvalue weighted by Crippen LogP contribution is 2.27. The molecule has 0 atom stereocenters. The molecular formula is C16H14ClN3. The molecule has 0 saturated carbocycles. The van der Waals surface area contributed by atoms with Gasteiger partial charge in [0.25, 0.3) is 0 Å². The van der Waals surface area contributed by atoms with Crippen molar-refractivity contribution in [2.75, 3.05) is 12.4 Å². The molecule has 0 aliphatic carbocycles. The van der Waals surface area contributed by atoms with Gasteiger partial charge in [-0.25, -0.2) is 9.97 Å². The first kappa shape index (κ1) is 12.9. The Bertz CT molecular complexity index is 767. The molecule has 20 heavy (non-hydrogen) atoms. The number of hydrogen-bond donors (Lipinski definition) is 1. The van der Waals surface area contributed by atoms with E-state index in [-0.39, 0.29) is 0 Å². The largest absolute Gasteiger partial charge is 0.373 e. The van der Waals surface area contributed by atoms with Gasteiger partial charge in [-0.2, -0.15) is 0 Å². The third-order valence-corrected chi connectivity index (χ3v) is 3.52. The van der Waals surface area contributed by atoms with Crippen molar-refractivity contribution in [3.63, 3.8) is 0 Å². The van der Waals surface area contributed by atoms with Crippen molar-refractivity contribution in [3.8, 4) is 11.4 Å². The molecule has 1 aromatic heterocycles. The van der Waals surface area contributed by atoms with E-state index in [1.807, 2.05) is 43.4 Å². The maximum Gasteiger partial charge on any atom is 0.162 e. The quantitative estimate of drug-likeness (QED) is 0.762. The molecule has 0 saturated heterocycles. The summed E-state index contributed by atoms with van der Waals surface area (Å²) in [6, 6.07) is 13.6. The molecule has 100 valence electrons. The average Bonchev–Trinajstić information content (AvgIpc) is 2.47. The number of benzene rings is 2. The Hall–Kier alpha value is -2.13. The van der Waals surface area contributed by atoms with Crippen LogP contribution in [0.2, 0.25) is 5.02 Å². The minimum absolute atomic E-state index is 0.698. The lowest BCUT2D eigenvalue weighted by atomic mass is 10.1. The smallest absolute Gasteiger partial charge is 0.162 e. The fourth-order valence-electron chi connectivity index (χ4n) is 2.26. The molecule has 0 fully saturated rings. The molecular weight excluding hydrogens is 270 g/mol. The second-order valence-electron chi connectivity index (χ2n) is 4.62. The molecule has 4 heteroatoms. The molecule has 1 N–H and O–H groups in total. The Balaban J connectivity index is 2.25. The van der Waals surface area contributed by atoms with E-state index in [1.54, 1.807) is 0 Å². The first-order valence-electron chi connectivity index (χ1n) is 6.40. The number of hydrogen-bond acceptors (Lipinski definition) is 3. The molecule has 0 aliphatic heterocycles. The minimum atomic E-state index is 0.698. The van der Waals surface area contributed by atoms with Crippen LogP contribution in [0.15, 0.2) is 42.5 Å². The molecule has 0 amide bonds. The molecule has 0 spiro atoms. The van der Waals surface area contributed by atoms with Gasteiger partial charge in [-0.15, -0.1) is 0 Å². The maximum absolute atomic E-state index is 5.92. The van der Waals surface area contributed by atoms with Crippen LogP contribution in [-0.2, 0) is 0 Å². The van der Waals surface area contributed by atoms with Crippen LogP contribution in [0.1, 0.15) is 5.56 Å². The van der Waals surface area contributed by atoms with Crippen molar-refractivity contribution in [2.24, 2.45) is 0 Å². The van der Waals surface area contributed by atoms with Gasteiger partial charge in [-0.05, 0) is 42.8 Å². The minimum Gasteiger partial charge on any atom is -0.373 e. The standard InChI is InChI=1S/C16H14ClN3/c1-10-4-3-5-13-14(10)16(18-2)20-15(19-13)11-6-8-12(17)9-7-11/h3-9H,1-2H3,(H,18,19,20). The van der Waals surface area contributed by atoms with Crippen LogP contribution in [-0.4, -0.2) is 17.0 Å². The number of aromatic nitrogens is 2. The van der Waals surface area contributed by atoms with Crippen molar-refractivity contribution in [1.29, 1.82) is 0 Å². The highest BCUT2D eigenvalue weighted by atomic mass is 35.5. The van der Waals surface area contributed by atoms with Gasteiger partial charge < -0.3 is 5.32 Å². The Kier molecular flexibility index (Phi) is 3.28. The number of halogens is 1. The Labute approximate surface area is 122 Å². The molecule has 2 aromatic carbocycles. The Morgan fingerprint density at radius 1 is 1.00 bits per heavy atom. The lowest BCUT2D eigenvalue weighted by Crippen LogP contribution is -1.99. The average molecular weight is 284 g/mol. The van der Waals surface area contributed by atoms with Crippen LogP contribution in [0.4, 0.5) is 5.82 Å². The number of anilines is 1. The summed E-state index contributed by atoms with van der Waals surface area (Å²) in [5.74, 6) is 1.54. The van der Waals surface area contributed by atoms with Crippen LogP contribution in [0.3, 0.4) is 0 Å². The number of nitrogens with one attached hydrogen (secondary N) is 1. The van der Waals surface area contributed by atoms with E-state index < -0.39 is 0 Å². The van der Waals surface area contributed by atoms with Gasteiger partial charge >= 0.3 is 0 Å². The van der Waals surface area contributed by atoms with Crippen LogP contribution in [0, 0.1) is 6.92 Å². The zero-order valence-electron chi connectivity index (χ0n) is 11.3. The van der Waals surface area contributed by atoms with E-state index in [2.05, 4.69) is 28.3 Å². The zero-order valence-corrected chi connectivity index (χ0v) is 12.1. The summed E-state index contributed by atoms with van der Waals surface area (Å²) in [4.78, 5) is 9.27. The first-order valence-corrected chi connectivity index (χ1v) is 6.78. The summed E-state index contributed by atoms with van der Waals surface area (Å²) in [6.07, 6.45) is 0. The molecule has 0 bridgehead atoms. The molecule has 0 unspecified atom stereocenters. The number of aryl methyl sites for hydroxylation is 1. The molecule has 0 aliphatic rings. The van der Waals surface area contributed by atoms with Gasteiger partial charge in [0, 0.05) is 23.0 Å². The molecule has 3 rings (SSSR count). The predicted molar refractivity (Wildman–Crippen MR) is 84.3 cm³/mol. The van der Waals surface area contributed by atoms with E-state index in [0.29, 0.717) is 10.8 Å². The highest BCUT2D eigenvalue weighted by Gasteiger charge is 2.10. The maximum atomic E-state index is 5.92. The summed E-state index contributed by atoms with van der Waals surface area (Å²) in [5, 5.41) is 4.93. The Morgan fingerprint density at radius 2 is 1.75 bits per heavy atom. The van der Waals surface area contributed by atoms with Crippen LogP contribution < -0.4 is 5.32 Å². The summed E-state index contributed by atoms with van der Waals surface area (Å²) >= 11 is 5.92. The summed E-state index contributed by atoms with van der Waals surface area (Å²) < 4.78 is 0. The van der Waals surface area contributed by atoms with Gasteiger partial charge in [0.1, 0.15) is 5.82 Å². The lowest BCUT2D eigenvalue weighted by Gasteiger charge is -2.10. The van der Waals surface area contributed by atoms with Gasteiger partial charge in [0.2, 0.25) is 0 Å². The predicted octanol–water partition coefficient (Wildman–Crippen LogP) is 4.30. The van der Waals surface area contributed by atoms with Gasteiger partial charge in [-0.1, -0.05) is 23.7 Å². The lowest BCUT2D eigenvalue weighted by molar-refractivity contribution is 1.21. The fraction of sp³-hybridized carbons (Fsp3) is 0.125. The van der Waals surface area contributed by atoms with E-state index in [4.69, 9.17) is 11.6 Å².